The molecule has 1 heterocycles. The van der Waals surface area contributed by atoms with Gasteiger partial charge >= 0.3 is 0 Å². The Kier molecular flexibility index (Phi) is 7.05. The molecule has 0 saturated carbocycles. The Bertz CT molecular complexity index is 899. The number of amides is 1. The van der Waals surface area contributed by atoms with Gasteiger partial charge in [0.2, 0.25) is 5.91 Å². The number of likely N-dealkylation sites (tertiary alicyclic amines) is 1. The highest BCUT2D eigenvalue weighted by Gasteiger charge is 2.51. The molecule has 1 amide bonds. The highest BCUT2D eigenvalue weighted by molar-refractivity contribution is 9.10. The van der Waals surface area contributed by atoms with Crippen molar-refractivity contribution in [2.24, 2.45) is 0 Å². The number of benzene rings is 2. The molecule has 1 N–H and O–H groups in total. The van der Waals surface area contributed by atoms with Crippen LogP contribution in [0.4, 0.5) is 0 Å². The van der Waals surface area contributed by atoms with E-state index in [4.69, 9.17) is 23.2 Å². The first-order valence-corrected chi connectivity index (χ1v) is 11.0. The number of β-amino-alcohol motifs (C(OH)–C–C–N with tert-alkyl or cyclic N) is 1. The number of Topliss-reactive ketones (excluding diaryl/α,β-unsaturated/α-hetero) is 1. The summed E-state index contributed by atoms with van der Waals surface area (Å²) in [6, 6.07) is 12.7. The summed E-state index contributed by atoms with van der Waals surface area (Å²) in [4.78, 5) is 27.9. The highest BCUT2D eigenvalue weighted by Crippen LogP contribution is 2.36. The third-order valence-corrected chi connectivity index (χ3v) is 6.28. The molecule has 0 radical (unpaired) electrons. The summed E-state index contributed by atoms with van der Waals surface area (Å²) >= 11 is 15.5. The largest absolute Gasteiger partial charge is 0.391 e. The van der Waals surface area contributed by atoms with Crippen molar-refractivity contribution >= 4 is 50.8 Å². The molecule has 1 saturated heterocycles. The maximum atomic E-state index is 13.2. The van der Waals surface area contributed by atoms with Gasteiger partial charge in [-0.15, -0.1) is 0 Å². The number of carbonyl (C=O) groups is 2. The van der Waals surface area contributed by atoms with Crippen molar-refractivity contribution in [1.82, 2.24) is 4.90 Å². The summed E-state index contributed by atoms with van der Waals surface area (Å²) in [5.74, 6) is -0.270. The van der Waals surface area contributed by atoms with E-state index in [1.54, 1.807) is 30.0 Å². The van der Waals surface area contributed by atoms with Gasteiger partial charge in [0, 0.05) is 40.3 Å². The Morgan fingerprint density at radius 3 is 2.34 bits per heavy atom. The predicted molar refractivity (Wildman–Crippen MR) is 118 cm³/mol. The average Bonchev–Trinajstić information content (AvgIpc) is 2.99. The molecule has 0 bridgehead atoms. The zero-order chi connectivity index (χ0) is 21.2. The molecule has 2 aromatic rings. The smallest absolute Gasteiger partial charge is 0.227 e. The number of aliphatic hydroxyl groups is 1. The number of nitrogens with zero attached hydrogens (tertiary/aromatic N) is 1. The topological polar surface area (TPSA) is 57.6 Å². The van der Waals surface area contributed by atoms with Crippen LogP contribution in [0.5, 0.6) is 0 Å². The Labute approximate surface area is 188 Å². The van der Waals surface area contributed by atoms with Gasteiger partial charge in [0.1, 0.15) is 5.54 Å². The van der Waals surface area contributed by atoms with Crippen molar-refractivity contribution in [3.05, 3.63) is 68.1 Å². The number of hydrogen-bond acceptors (Lipinski definition) is 3. The Morgan fingerprint density at radius 2 is 1.76 bits per heavy atom. The maximum absolute atomic E-state index is 13.2. The van der Waals surface area contributed by atoms with Gasteiger partial charge < -0.3 is 10.0 Å². The fourth-order valence-corrected chi connectivity index (χ4v) is 4.91. The lowest BCUT2D eigenvalue weighted by atomic mass is 9.82. The van der Waals surface area contributed by atoms with Crippen LogP contribution in [0.3, 0.4) is 0 Å². The van der Waals surface area contributed by atoms with E-state index in [-0.39, 0.29) is 37.5 Å². The highest BCUT2D eigenvalue weighted by atomic mass is 79.9. The molecule has 154 valence electrons. The first-order valence-electron chi connectivity index (χ1n) is 9.45. The Balaban J connectivity index is 1.93. The standard InChI is InChI=1S/C22H22BrCl2NO3/c1-2-20(28)22(11-14-3-5-16(23)6-4-14)12-19(27)13-26(22)21(29)9-15-7-17(24)10-18(25)8-15/h3-8,10,19,27H,2,9,11-13H2,1H3. The van der Waals surface area contributed by atoms with E-state index in [1.807, 2.05) is 24.3 Å². The van der Waals surface area contributed by atoms with Crippen molar-refractivity contribution in [3.63, 3.8) is 0 Å². The van der Waals surface area contributed by atoms with Crippen molar-refractivity contribution in [1.29, 1.82) is 0 Å². The zero-order valence-corrected chi connectivity index (χ0v) is 19.1. The van der Waals surface area contributed by atoms with Crippen LogP contribution < -0.4 is 0 Å². The van der Waals surface area contributed by atoms with Gasteiger partial charge in [-0.3, -0.25) is 9.59 Å². The second-order valence-corrected chi connectivity index (χ2v) is 9.22. The molecular formula is C22H22BrCl2NO3. The summed E-state index contributed by atoms with van der Waals surface area (Å²) in [5, 5.41) is 11.3. The average molecular weight is 499 g/mol. The van der Waals surface area contributed by atoms with E-state index < -0.39 is 11.6 Å². The molecule has 0 aromatic heterocycles. The van der Waals surface area contributed by atoms with Crippen LogP contribution in [-0.4, -0.2) is 39.9 Å². The SMILES string of the molecule is CCC(=O)C1(Cc2ccc(Br)cc2)CC(O)CN1C(=O)Cc1cc(Cl)cc(Cl)c1. The number of rotatable bonds is 6. The van der Waals surface area contributed by atoms with Gasteiger partial charge in [-0.2, -0.15) is 0 Å². The van der Waals surface area contributed by atoms with Gasteiger partial charge in [-0.1, -0.05) is 58.2 Å². The molecule has 0 spiro atoms. The van der Waals surface area contributed by atoms with E-state index in [9.17, 15) is 14.7 Å². The molecule has 29 heavy (non-hydrogen) atoms. The summed E-state index contributed by atoms with van der Waals surface area (Å²) < 4.78 is 0.939. The summed E-state index contributed by atoms with van der Waals surface area (Å²) in [6.45, 7) is 1.92. The molecule has 1 aliphatic rings. The molecule has 2 unspecified atom stereocenters. The second kappa shape index (κ2) is 9.17. The number of aliphatic hydroxyl groups excluding tert-OH is 1. The van der Waals surface area contributed by atoms with E-state index >= 15 is 0 Å². The van der Waals surface area contributed by atoms with Crippen molar-refractivity contribution in [3.8, 4) is 0 Å². The molecule has 1 fully saturated rings. The Hall–Kier alpha value is -1.40. The molecular weight excluding hydrogens is 477 g/mol. The van der Waals surface area contributed by atoms with E-state index in [0.717, 1.165) is 10.0 Å². The molecule has 1 aliphatic heterocycles. The van der Waals surface area contributed by atoms with Crippen LogP contribution in [0.2, 0.25) is 10.0 Å². The van der Waals surface area contributed by atoms with Crippen LogP contribution in [0.25, 0.3) is 0 Å². The van der Waals surface area contributed by atoms with Gasteiger partial charge in [0.25, 0.3) is 0 Å². The lowest BCUT2D eigenvalue weighted by Gasteiger charge is -2.37. The van der Waals surface area contributed by atoms with Crippen molar-refractivity contribution in [2.45, 2.75) is 44.2 Å². The van der Waals surface area contributed by atoms with Crippen LogP contribution in [-0.2, 0) is 22.4 Å². The number of halogens is 3. The van der Waals surface area contributed by atoms with Crippen molar-refractivity contribution in [2.75, 3.05) is 6.54 Å². The minimum atomic E-state index is -1.05. The number of carbonyl (C=O) groups excluding carboxylic acids is 2. The third kappa shape index (κ3) is 5.02. The fraction of sp³-hybridized carbons (Fsp3) is 0.364. The maximum Gasteiger partial charge on any atom is 0.227 e. The van der Waals surface area contributed by atoms with Crippen LogP contribution in [0, 0.1) is 0 Å². The first kappa shape index (κ1) is 22.3. The van der Waals surface area contributed by atoms with Gasteiger partial charge in [0.15, 0.2) is 5.78 Å². The lowest BCUT2D eigenvalue weighted by molar-refractivity contribution is -0.143. The predicted octanol–water partition coefficient (Wildman–Crippen LogP) is 4.85. The second-order valence-electron chi connectivity index (χ2n) is 7.43. The van der Waals surface area contributed by atoms with Crippen LogP contribution in [0.1, 0.15) is 30.9 Å². The Morgan fingerprint density at radius 1 is 1.14 bits per heavy atom. The summed E-state index contributed by atoms with van der Waals surface area (Å²) in [5.41, 5.74) is 0.560. The van der Waals surface area contributed by atoms with E-state index in [2.05, 4.69) is 15.9 Å². The van der Waals surface area contributed by atoms with Crippen LogP contribution in [0.15, 0.2) is 46.9 Å². The van der Waals surface area contributed by atoms with E-state index in [1.165, 1.54) is 0 Å². The number of hydrogen-bond donors (Lipinski definition) is 1. The fourth-order valence-electron chi connectivity index (χ4n) is 4.07. The lowest BCUT2D eigenvalue weighted by Crippen LogP contribution is -2.54. The minimum Gasteiger partial charge on any atom is -0.391 e. The van der Waals surface area contributed by atoms with Gasteiger partial charge in [0.05, 0.1) is 12.5 Å². The molecule has 2 atom stereocenters. The summed E-state index contributed by atoms with van der Waals surface area (Å²) in [6.07, 6.45) is 0.208. The normalized spacial score (nSPS) is 21.4. The first-order chi connectivity index (χ1) is 13.7. The third-order valence-electron chi connectivity index (χ3n) is 5.31. The zero-order valence-electron chi connectivity index (χ0n) is 16.0. The number of ketones is 1. The molecule has 3 rings (SSSR count). The summed E-state index contributed by atoms with van der Waals surface area (Å²) in [7, 11) is 0. The molecule has 4 nitrogen and oxygen atoms in total. The van der Waals surface area contributed by atoms with Gasteiger partial charge in [-0.25, -0.2) is 0 Å². The van der Waals surface area contributed by atoms with Gasteiger partial charge in [-0.05, 0) is 41.5 Å². The van der Waals surface area contributed by atoms with Crippen LogP contribution >= 0.6 is 39.1 Å². The minimum absolute atomic E-state index is 0.0468. The molecule has 0 aliphatic carbocycles. The molecule has 2 aromatic carbocycles. The monoisotopic (exact) mass is 497 g/mol. The van der Waals surface area contributed by atoms with Crippen molar-refractivity contribution < 1.29 is 14.7 Å². The van der Waals surface area contributed by atoms with E-state index in [0.29, 0.717) is 22.0 Å². The molecule has 7 heteroatoms. The quantitative estimate of drug-likeness (QED) is 0.619.